The van der Waals surface area contributed by atoms with Gasteiger partial charge in [-0.25, -0.2) is 0 Å². The normalized spacial score (nSPS) is 17.2. The average molecular weight is 306 g/mol. The van der Waals surface area contributed by atoms with Crippen molar-refractivity contribution in [2.75, 3.05) is 11.4 Å². The number of fused-ring (bicyclic) bond motifs is 2. The highest BCUT2D eigenvalue weighted by atomic mass is 16.2. The zero-order valence-electron chi connectivity index (χ0n) is 13.0. The van der Waals surface area contributed by atoms with Gasteiger partial charge in [0.05, 0.1) is 0 Å². The summed E-state index contributed by atoms with van der Waals surface area (Å²) in [5.41, 5.74) is 3.89. The maximum absolute atomic E-state index is 12.9. The van der Waals surface area contributed by atoms with Gasteiger partial charge in [-0.15, -0.1) is 0 Å². The molecule has 0 bridgehead atoms. The molecule has 0 radical (unpaired) electrons. The van der Waals surface area contributed by atoms with E-state index < -0.39 is 6.04 Å². The largest absolute Gasteiger partial charge is 0.323 e. The molecule has 2 aliphatic rings. The molecule has 2 amide bonds. The molecule has 0 spiro atoms. The zero-order chi connectivity index (χ0) is 16.0. The third-order valence-corrected chi connectivity index (χ3v) is 4.83. The van der Waals surface area contributed by atoms with E-state index in [9.17, 15) is 9.59 Å². The molecule has 2 aromatic carbocycles. The van der Waals surface area contributed by atoms with Crippen LogP contribution in [-0.4, -0.2) is 29.3 Å². The van der Waals surface area contributed by atoms with Crippen molar-refractivity contribution >= 4 is 17.5 Å². The van der Waals surface area contributed by atoms with Crippen molar-refractivity contribution in [3.8, 4) is 0 Å². The summed E-state index contributed by atoms with van der Waals surface area (Å²) in [6.45, 7) is 3.03. The molecule has 0 aliphatic carbocycles. The molecule has 4 rings (SSSR count). The third kappa shape index (κ3) is 2.13. The van der Waals surface area contributed by atoms with Gasteiger partial charge in [-0.05, 0) is 36.6 Å². The second-order valence-electron chi connectivity index (χ2n) is 6.13. The molecule has 0 saturated carbocycles. The Morgan fingerprint density at radius 2 is 1.74 bits per heavy atom. The summed E-state index contributed by atoms with van der Waals surface area (Å²) in [6.07, 6.45) is 0.878. The summed E-state index contributed by atoms with van der Waals surface area (Å²) in [4.78, 5) is 29.0. The van der Waals surface area contributed by atoms with Crippen molar-refractivity contribution in [1.82, 2.24) is 4.90 Å². The van der Waals surface area contributed by atoms with Gasteiger partial charge in [0.15, 0.2) is 0 Å². The van der Waals surface area contributed by atoms with E-state index in [0.717, 1.165) is 17.7 Å². The smallest absolute Gasteiger partial charge is 0.255 e. The maximum atomic E-state index is 12.9. The van der Waals surface area contributed by atoms with Crippen LogP contribution >= 0.6 is 0 Å². The van der Waals surface area contributed by atoms with E-state index in [0.29, 0.717) is 18.7 Å². The topological polar surface area (TPSA) is 40.6 Å². The molecule has 0 saturated heterocycles. The highest BCUT2D eigenvalue weighted by Crippen LogP contribution is 2.30. The predicted molar refractivity (Wildman–Crippen MR) is 88.3 cm³/mol. The molecule has 0 unspecified atom stereocenters. The Balaban J connectivity index is 1.58. The van der Waals surface area contributed by atoms with Crippen LogP contribution in [0.5, 0.6) is 0 Å². The quantitative estimate of drug-likeness (QED) is 0.856. The van der Waals surface area contributed by atoms with E-state index in [1.165, 1.54) is 5.56 Å². The Bertz CT molecular complexity index is 799. The molecule has 2 aromatic rings. The Morgan fingerprint density at radius 1 is 1.04 bits per heavy atom. The van der Waals surface area contributed by atoms with Gasteiger partial charge >= 0.3 is 0 Å². The number of carbonyl (C=O) groups is 2. The van der Waals surface area contributed by atoms with Gasteiger partial charge in [-0.3, -0.25) is 9.59 Å². The van der Waals surface area contributed by atoms with Crippen LogP contribution in [-0.2, 0) is 17.8 Å². The van der Waals surface area contributed by atoms with Crippen LogP contribution in [0.4, 0.5) is 5.69 Å². The molecule has 0 fully saturated rings. The number of hydrogen-bond donors (Lipinski definition) is 0. The molecule has 116 valence electrons. The van der Waals surface area contributed by atoms with Crippen LogP contribution in [0, 0.1) is 0 Å². The number of amides is 2. The lowest BCUT2D eigenvalue weighted by atomic mass is 10.1. The molecule has 2 heterocycles. The first kappa shape index (κ1) is 14.0. The number of para-hydroxylation sites is 1. The van der Waals surface area contributed by atoms with Crippen LogP contribution in [0.15, 0.2) is 48.5 Å². The predicted octanol–water partition coefficient (Wildman–Crippen LogP) is 2.62. The number of carbonyl (C=O) groups excluding carboxylic acids is 2. The fraction of sp³-hybridized carbons (Fsp3) is 0.263. The van der Waals surface area contributed by atoms with Crippen molar-refractivity contribution in [2.45, 2.75) is 25.9 Å². The molecule has 4 heteroatoms. The van der Waals surface area contributed by atoms with Crippen molar-refractivity contribution in [3.05, 3.63) is 65.2 Å². The molecule has 23 heavy (non-hydrogen) atoms. The van der Waals surface area contributed by atoms with E-state index in [1.807, 2.05) is 54.3 Å². The summed E-state index contributed by atoms with van der Waals surface area (Å²) in [7, 11) is 0. The number of benzene rings is 2. The number of anilines is 1. The van der Waals surface area contributed by atoms with Gasteiger partial charge < -0.3 is 9.80 Å². The first-order valence-electron chi connectivity index (χ1n) is 7.95. The van der Waals surface area contributed by atoms with E-state index in [-0.39, 0.29) is 11.8 Å². The van der Waals surface area contributed by atoms with E-state index >= 15 is 0 Å². The minimum absolute atomic E-state index is 0.00361. The highest BCUT2D eigenvalue weighted by molar-refractivity contribution is 6.04. The van der Waals surface area contributed by atoms with Crippen molar-refractivity contribution < 1.29 is 9.59 Å². The maximum Gasteiger partial charge on any atom is 0.255 e. The molecule has 4 nitrogen and oxygen atoms in total. The molecular formula is C19H18N2O2. The van der Waals surface area contributed by atoms with Crippen molar-refractivity contribution in [1.29, 1.82) is 0 Å². The molecule has 0 aromatic heterocycles. The average Bonchev–Trinajstić information content (AvgIpc) is 3.16. The first-order valence-corrected chi connectivity index (χ1v) is 7.95. The fourth-order valence-electron chi connectivity index (χ4n) is 3.52. The zero-order valence-corrected chi connectivity index (χ0v) is 13.0. The van der Waals surface area contributed by atoms with Gasteiger partial charge in [-0.1, -0.05) is 36.4 Å². The summed E-state index contributed by atoms with van der Waals surface area (Å²) in [5.74, 6) is -0.0509. The first-order chi connectivity index (χ1) is 11.2. The van der Waals surface area contributed by atoms with Crippen LogP contribution in [0.1, 0.15) is 28.4 Å². The minimum atomic E-state index is -0.457. The number of nitrogens with zero attached hydrogens (tertiary/aromatic N) is 2. The van der Waals surface area contributed by atoms with E-state index in [4.69, 9.17) is 0 Å². The van der Waals surface area contributed by atoms with Crippen molar-refractivity contribution in [3.63, 3.8) is 0 Å². The van der Waals surface area contributed by atoms with Gasteiger partial charge in [0.1, 0.15) is 6.04 Å². The summed E-state index contributed by atoms with van der Waals surface area (Å²) < 4.78 is 0. The van der Waals surface area contributed by atoms with E-state index in [1.54, 1.807) is 4.90 Å². The second kappa shape index (κ2) is 5.23. The molecule has 2 aliphatic heterocycles. The van der Waals surface area contributed by atoms with Gasteiger partial charge in [0, 0.05) is 24.3 Å². The third-order valence-electron chi connectivity index (χ3n) is 4.83. The molecule has 0 N–H and O–H groups in total. The fourth-order valence-corrected chi connectivity index (χ4v) is 3.52. The molecular weight excluding hydrogens is 288 g/mol. The standard InChI is InChI=1S/C19H18N2O2/c1-13(21-12-15-7-2-4-8-16(15)19(21)23)18(22)20-11-10-14-6-3-5-9-17(14)20/h2-9,13H,10-12H2,1H3/t13-/m0/s1. The van der Waals surface area contributed by atoms with Crippen LogP contribution in [0.2, 0.25) is 0 Å². The minimum Gasteiger partial charge on any atom is -0.323 e. The SMILES string of the molecule is C[C@@H](C(=O)N1CCc2ccccc21)N1Cc2ccccc2C1=O. The van der Waals surface area contributed by atoms with Gasteiger partial charge in [0.25, 0.3) is 5.91 Å². The van der Waals surface area contributed by atoms with Crippen LogP contribution in [0.25, 0.3) is 0 Å². The Hall–Kier alpha value is -2.62. The van der Waals surface area contributed by atoms with E-state index in [2.05, 4.69) is 6.07 Å². The monoisotopic (exact) mass is 306 g/mol. The highest BCUT2D eigenvalue weighted by Gasteiger charge is 2.37. The number of rotatable bonds is 2. The lowest BCUT2D eigenvalue weighted by Gasteiger charge is -2.28. The Labute approximate surface area is 135 Å². The van der Waals surface area contributed by atoms with Crippen molar-refractivity contribution in [2.24, 2.45) is 0 Å². The summed E-state index contributed by atoms with van der Waals surface area (Å²) >= 11 is 0. The Kier molecular flexibility index (Phi) is 3.18. The summed E-state index contributed by atoms with van der Waals surface area (Å²) in [6, 6.07) is 15.1. The van der Waals surface area contributed by atoms with Crippen LogP contribution in [0.3, 0.4) is 0 Å². The van der Waals surface area contributed by atoms with Gasteiger partial charge in [-0.2, -0.15) is 0 Å². The lowest BCUT2D eigenvalue weighted by Crippen LogP contribution is -2.46. The lowest BCUT2D eigenvalue weighted by molar-refractivity contribution is -0.122. The van der Waals surface area contributed by atoms with Crippen LogP contribution < -0.4 is 4.90 Å². The Morgan fingerprint density at radius 3 is 2.52 bits per heavy atom. The van der Waals surface area contributed by atoms with Gasteiger partial charge in [0.2, 0.25) is 5.91 Å². The molecule has 1 atom stereocenters. The second-order valence-corrected chi connectivity index (χ2v) is 6.13. The summed E-state index contributed by atoms with van der Waals surface area (Å²) in [5, 5.41) is 0. The number of hydrogen-bond acceptors (Lipinski definition) is 2.